The van der Waals surface area contributed by atoms with E-state index in [4.69, 9.17) is 23.2 Å². The van der Waals surface area contributed by atoms with Crippen molar-refractivity contribution < 1.29 is 5.11 Å². The van der Waals surface area contributed by atoms with Crippen molar-refractivity contribution in [2.45, 2.75) is 38.2 Å². The molecular formula is C19H21Cl2NOS. The van der Waals surface area contributed by atoms with E-state index in [0.29, 0.717) is 22.3 Å². The standard InChI is InChI=1S/C19H21Cl2NOS/c1-19(2,3)24-11-14(23)10-22-17-6-4-12(20)8-15(17)16-9-13(21)5-7-18(16)22/h4-9,14,23H,10-11H2,1-3H3. The summed E-state index contributed by atoms with van der Waals surface area (Å²) < 4.78 is 2.30. The summed E-state index contributed by atoms with van der Waals surface area (Å²) >= 11 is 14.1. The van der Waals surface area contributed by atoms with Gasteiger partial charge in [-0.2, -0.15) is 11.8 Å². The lowest BCUT2D eigenvalue weighted by Gasteiger charge is -2.21. The number of rotatable bonds is 4. The van der Waals surface area contributed by atoms with Crippen molar-refractivity contribution in [3.05, 3.63) is 46.4 Å². The van der Waals surface area contributed by atoms with Crippen LogP contribution in [0.25, 0.3) is 21.8 Å². The lowest BCUT2D eigenvalue weighted by atomic mass is 10.1. The van der Waals surface area contributed by atoms with Crippen molar-refractivity contribution in [3.8, 4) is 0 Å². The Morgan fingerprint density at radius 2 is 1.50 bits per heavy atom. The molecule has 0 saturated heterocycles. The Kier molecular flexibility index (Phi) is 5.08. The molecule has 3 rings (SSSR count). The van der Waals surface area contributed by atoms with Gasteiger partial charge in [-0.15, -0.1) is 0 Å². The average Bonchev–Trinajstić information content (AvgIpc) is 2.78. The number of nitrogens with zero attached hydrogens (tertiary/aromatic N) is 1. The zero-order valence-corrected chi connectivity index (χ0v) is 16.3. The largest absolute Gasteiger partial charge is 0.390 e. The summed E-state index contributed by atoms with van der Waals surface area (Å²) in [7, 11) is 0. The SMILES string of the molecule is CC(C)(C)SCC(O)Cn1c2ccc(Cl)cc2c2cc(Cl)ccc21. The number of benzene rings is 2. The van der Waals surface area contributed by atoms with Crippen LogP contribution in [-0.2, 0) is 6.54 Å². The average molecular weight is 382 g/mol. The molecule has 128 valence electrons. The third-order valence-corrected chi connectivity index (χ3v) is 5.78. The van der Waals surface area contributed by atoms with Gasteiger partial charge in [0, 0.05) is 48.9 Å². The van der Waals surface area contributed by atoms with Crippen LogP contribution < -0.4 is 0 Å². The zero-order valence-electron chi connectivity index (χ0n) is 14.0. The first-order valence-corrected chi connectivity index (χ1v) is 9.68. The monoisotopic (exact) mass is 381 g/mol. The Morgan fingerprint density at radius 1 is 1.00 bits per heavy atom. The van der Waals surface area contributed by atoms with E-state index in [1.165, 1.54) is 0 Å². The Hall–Kier alpha value is -0.870. The van der Waals surface area contributed by atoms with Crippen LogP contribution in [0.3, 0.4) is 0 Å². The molecule has 2 aromatic carbocycles. The van der Waals surface area contributed by atoms with Crippen LogP contribution in [0, 0.1) is 0 Å². The molecule has 1 atom stereocenters. The molecule has 24 heavy (non-hydrogen) atoms. The summed E-state index contributed by atoms with van der Waals surface area (Å²) in [6.07, 6.45) is -0.417. The molecular weight excluding hydrogens is 361 g/mol. The van der Waals surface area contributed by atoms with Crippen LogP contribution in [0.15, 0.2) is 36.4 Å². The predicted molar refractivity (Wildman–Crippen MR) is 108 cm³/mol. The van der Waals surface area contributed by atoms with Gasteiger partial charge in [0.2, 0.25) is 0 Å². The molecule has 0 bridgehead atoms. The minimum Gasteiger partial charge on any atom is -0.390 e. The fourth-order valence-electron chi connectivity index (χ4n) is 2.85. The first kappa shape index (κ1) is 17.9. The minimum atomic E-state index is -0.417. The fourth-order valence-corrected chi connectivity index (χ4v) is 4.00. The molecule has 0 aliphatic heterocycles. The number of aliphatic hydroxyl groups is 1. The van der Waals surface area contributed by atoms with Gasteiger partial charge in [-0.3, -0.25) is 0 Å². The van der Waals surface area contributed by atoms with Crippen molar-refractivity contribution >= 4 is 56.8 Å². The number of thioether (sulfide) groups is 1. The van der Waals surface area contributed by atoms with Gasteiger partial charge in [-0.05, 0) is 36.4 Å². The van der Waals surface area contributed by atoms with E-state index in [9.17, 15) is 5.11 Å². The Bertz CT molecular complexity index is 823. The predicted octanol–water partition coefficient (Wildman–Crippen LogP) is 5.99. The highest BCUT2D eigenvalue weighted by molar-refractivity contribution is 8.00. The fraction of sp³-hybridized carbons (Fsp3) is 0.368. The van der Waals surface area contributed by atoms with Gasteiger partial charge in [0.1, 0.15) is 0 Å². The Balaban J connectivity index is 2.02. The molecule has 0 amide bonds. The van der Waals surface area contributed by atoms with E-state index < -0.39 is 6.10 Å². The van der Waals surface area contributed by atoms with E-state index in [0.717, 1.165) is 21.8 Å². The molecule has 0 aliphatic rings. The second kappa shape index (κ2) is 6.80. The second-order valence-corrected chi connectivity index (χ2v) is 9.73. The van der Waals surface area contributed by atoms with Gasteiger partial charge < -0.3 is 9.67 Å². The summed E-state index contributed by atoms with van der Waals surface area (Å²) in [5.74, 6) is 0.700. The zero-order chi connectivity index (χ0) is 17.5. The normalized spacial score (nSPS) is 13.8. The molecule has 1 aromatic heterocycles. The van der Waals surface area contributed by atoms with Gasteiger partial charge in [0.15, 0.2) is 0 Å². The van der Waals surface area contributed by atoms with Gasteiger partial charge in [-0.25, -0.2) is 0 Å². The summed E-state index contributed by atoms with van der Waals surface area (Å²) in [5.41, 5.74) is 2.13. The first-order chi connectivity index (χ1) is 11.2. The van der Waals surface area contributed by atoms with Gasteiger partial charge >= 0.3 is 0 Å². The van der Waals surface area contributed by atoms with Crippen molar-refractivity contribution in [3.63, 3.8) is 0 Å². The van der Waals surface area contributed by atoms with Gasteiger partial charge in [-0.1, -0.05) is 44.0 Å². The highest BCUT2D eigenvalue weighted by atomic mass is 35.5. The molecule has 5 heteroatoms. The maximum atomic E-state index is 10.5. The topological polar surface area (TPSA) is 25.2 Å². The summed E-state index contributed by atoms with van der Waals surface area (Å²) in [4.78, 5) is 0. The molecule has 0 aliphatic carbocycles. The molecule has 0 spiro atoms. The number of fused-ring (bicyclic) bond motifs is 3. The van der Waals surface area contributed by atoms with Crippen LogP contribution in [0.2, 0.25) is 10.0 Å². The van der Waals surface area contributed by atoms with Crippen molar-refractivity contribution in [1.82, 2.24) is 4.57 Å². The molecule has 0 saturated carbocycles. The Morgan fingerprint density at radius 3 is 1.96 bits per heavy atom. The van der Waals surface area contributed by atoms with Crippen LogP contribution in [0.4, 0.5) is 0 Å². The Labute approximate surface area is 156 Å². The molecule has 1 unspecified atom stereocenters. The maximum Gasteiger partial charge on any atom is 0.0809 e. The quantitative estimate of drug-likeness (QED) is 0.599. The highest BCUT2D eigenvalue weighted by Crippen LogP contribution is 2.33. The lowest BCUT2D eigenvalue weighted by molar-refractivity contribution is 0.181. The summed E-state index contributed by atoms with van der Waals surface area (Å²) in [6.45, 7) is 7.03. The smallest absolute Gasteiger partial charge is 0.0809 e. The van der Waals surface area contributed by atoms with E-state index in [1.807, 2.05) is 36.4 Å². The third-order valence-electron chi connectivity index (χ3n) is 3.89. The highest BCUT2D eigenvalue weighted by Gasteiger charge is 2.17. The molecule has 0 fully saturated rings. The molecule has 1 heterocycles. The molecule has 1 N–H and O–H groups in total. The number of aliphatic hydroxyl groups excluding tert-OH is 1. The van der Waals surface area contributed by atoms with Crippen molar-refractivity contribution in [2.75, 3.05) is 5.75 Å². The molecule has 0 radical (unpaired) electrons. The third kappa shape index (κ3) is 3.85. The van der Waals surface area contributed by atoms with Crippen molar-refractivity contribution in [1.29, 1.82) is 0 Å². The van der Waals surface area contributed by atoms with E-state index >= 15 is 0 Å². The summed E-state index contributed by atoms with van der Waals surface area (Å²) in [5, 5.41) is 14.0. The molecule has 2 nitrogen and oxygen atoms in total. The van der Waals surface area contributed by atoms with Crippen LogP contribution >= 0.6 is 35.0 Å². The van der Waals surface area contributed by atoms with Crippen LogP contribution in [0.1, 0.15) is 20.8 Å². The van der Waals surface area contributed by atoms with Gasteiger partial charge in [0.05, 0.1) is 6.10 Å². The summed E-state index contributed by atoms with van der Waals surface area (Å²) in [6, 6.07) is 11.7. The van der Waals surface area contributed by atoms with Crippen LogP contribution in [0.5, 0.6) is 0 Å². The van der Waals surface area contributed by atoms with Crippen molar-refractivity contribution in [2.24, 2.45) is 0 Å². The number of hydrogen-bond acceptors (Lipinski definition) is 2. The van der Waals surface area contributed by atoms with E-state index in [-0.39, 0.29) is 4.75 Å². The second-order valence-electron chi connectivity index (χ2n) is 7.01. The van der Waals surface area contributed by atoms with E-state index in [1.54, 1.807) is 11.8 Å². The van der Waals surface area contributed by atoms with Crippen LogP contribution in [-0.4, -0.2) is 26.3 Å². The number of aromatic nitrogens is 1. The number of hydrogen-bond donors (Lipinski definition) is 1. The number of halogens is 2. The minimum absolute atomic E-state index is 0.142. The first-order valence-electron chi connectivity index (χ1n) is 7.93. The molecule has 3 aromatic rings. The van der Waals surface area contributed by atoms with E-state index in [2.05, 4.69) is 25.3 Å². The maximum absolute atomic E-state index is 10.5. The lowest BCUT2D eigenvalue weighted by Crippen LogP contribution is -2.21. The van der Waals surface area contributed by atoms with Gasteiger partial charge in [0.25, 0.3) is 0 Å².